The number of rotatable bonds is 9. The van der Waals surface area contributed by atoms with Crippen molar-refractivity contribution in [2.45, 2.75) is 25.8 Å². The molecule has 0 spiro atoms. The smallest absolute Gasteiger partial charge is 0.383 e. The third-order valence-electron chi connectivity index (χ3n) is 6.35. The van der Waals surface area contributed by atoms with Crippen molar-refractivity contribution in [3.8, 4) is 11.3 Å². The molecule has 0 atom stereocenters. The molecule has 0 bridgehead atoms. The van der Waals surface area contributed by atoms with Gasteiger partial charge in [-0.3, -0.25) is 9.69 Å². The first-order chi connectivity index (χ1) is 21.6. The maximum absolute atomic E-state index is 12.7. The third kappa shape index (κ3) is 9.82. The third-order valence-corrected chi connectivity index (χ3v) is 6.90. The van der Waals surface area contributed by atoms with Crippen molar-refractivity contribution in [2.24, 2.45) is 0 Å². The molecule has 46 heavy (non-hydrogen) atoms. The van der Waals surface area contributed by atoms with Crippen LogP contribution in [0.4, 0.5) is 43.8 Å². The normalized spacial score (nSPS) is 14.1. The van der Waals surface area contributed by atoms with E-state index in [-0.39, 0.29) is 12.7 Å². The van der Waals surface area contributed by atoms with Crippen LogP contribution in [0.5, 0.6) is 0 Å². The lowest BCUT2D eigenvalue weighted by Gasteiger charge is -2.25. The first-order valence-electron chi connectivity index (χ1n) is 13.7. The first kappa shape index (κ1) is 35.0. The number of carbonyl (C=O) groups excluding carboxylic acids is 1. The predicted octanol–water partition coefficient (Wildman–Crippen LogP) is 6.35. The molecule has 0 amide bonds. The largest absolute Gasteiger partial charge is 0.455 e. The number of fused-ring (bicyclic) bond motifs is 1. The number of benzene rings is 1. The average Bonchev–Trinajstić information content (AvgIpc) is 3.36. The van der Waals surface area contributed by atoms with E-state index in [1.807, 2.05) is 6.07 Å². The SMILES string of the molecule is CC(F)(F)F.Nc1nc(NCCNc2nc(-c3ccc(Cl)cc3Cl)cn3nc(CN4CCOCC4)cc23)ccc1C(=O)C(F)(F)F. The molecule has 5 rings (SSSR count). The summed E-state index contributed by atoms with van der Waals surface area (Å²) in [4.78, 5) is 22.4. The number of nitrogen functional groups attached to an aromatic ring is 1. The summed E-state index contributed by atoms with van der Waals surface area (Å²) in [6, 6.07) is 9.38. The number of hydrogen-bond donors (Lipinski definition) is 3. The molecular weight excluding hydrogens is 665 g/mol. The lowest BCUT2D eigenvalue weighted by molar-refractivity contribution is -0.110. The van der Waals surface area contributed by atoms with Crippen molar-refractivity contribution in [3.63, 3.8) is 0 Å². The van der Waals surface area contributed by atoms with Gasteiger partial charge in [0.2, 0.25) is 0 Å². The van der Waals surface area contributed by atoms with Crippen molar-refractivity contribution in [2.75, 3.05) is 55.8 Å². The van der Waals surface area contributed by atoms with E-state index < -0.39 is 29.5 Å². The summed E-state index contributed by atoms with van der Waals surface area (Å²) >= 11 is 12.5. The lowest BCUT2D eigenvalue weighted by Crippen LogP contribution is -2.35. The topological polar surface area (TPSA) is 123 Å². The fraction of sp³-hybridized carbons (Fsp3) is 0.357. The number of halogens is 8. The number of nitrogens with zero attached hydrogens (tertiary/aromatic N) is 5. The Hall–Kier alpha value is -3.86. The Morgan fingerprint density at radius 3 is 2.30 bits per heavy atom. The van der Waals surface area contributed by atoms with Gasteiger partial charge in [-0.15, -0.1) is 0 Å². The molecule has 0 aliphatic carbocycles. The van der Waals surface area contributed by atoms with Crippen LogP contribution in [-0.4, -0.2) is 82.0 Å². The van der Waals surface area contributed by atoms with E-state index in [1.54, 1.807) is 28.9 Å². The number of ether oxygens (including phenoxy) is 1. The minimum Gasteiger partial charge on any atom is -0.383 e. The van der Waals surface area contributed by atoms with Crippen LogP contribution in [0.25, 0.3) is 16.8 Å². The van der Waals surface area contributed by atoms with Crippen LogP contribution in [0.1, 0.15) is 23.0 Å². The molecule has 10 nitrogen and oxygen atoms in total. The Morgan fingerprint density at radius 2 is 1.67 bits per heavy atom. The average molecular weight is 693 g/mol. The van der Waals surface area contributed by atoms with Crippen LogP contribution in [0, 0.1) is 0 Å². The molecule has 4 heterocycles. The second-order valence-corrected chi connectivity index (χ2v) is 10.9. The molecule has 3 aromatic heterocycles. The summed E-state index contributed by atoms with van der Waals surface area (Å²) in [6.45, 7) is 4.50. The van der Waals surface area contributed by atoms with Crippen LogP contribution in [-0.2, 0) is 11.3 Å². The van der Waals surface area contributed by atoms with Gasteiger partial charge in [-0.25, -0.2) is 14.5 Å². The van der Waals surface area contributed by atoms with Crippen LogP contribution in [0.3, 0.4) is 0 Å². The molecule has 4 aromatic rings. The minimum absolute atomic E-state index is 0.188. The highest BCUT2D eigenvalue weighted by Crippen LogP contribution is 2.31. The number of Topliss-reactive ketones (excluding diaryl/α,β-unsaturated/α-hetero) is 1. The zero-order valence-corrected chi connectivity index (χ0v) is 25.7. The monoisotopic (exact) mass is 692 g/mol. The molecule has 18 heteroatoms. The summed E-state index contributed by atoms with van der Waals surface area (Å²) in [7, 11) is 0. The number of aromatic nitrogens is 4. The van der Waals surface area contributed by atoms with Crippen molar-refractivity contribution in [1.29, 1.82) is 0 Å². The second kappa shape index (κ2) is 14.7. The summed E-state index contributed by atoms with van der Waals surface area (Å²) in [5.41, 5.74) is 7.78. The highest BCUT2D eigenvalue weighted by molar-refractivity contribution is 6.36. The van der Waals surface area contributed by atoms with E-state index in [4.69, 9.17) is 43.8 Å². The highest BCUT2D eigenvalue weighted by atomic mass is 35.5. The molecular formula is C28H28Cl2F6N8O2. The van der Waals surface area contributed by atoms with Gasteiger partial charge in [-0.1, -0.05) is 23.2 Å². The van der Waals surface area contributed by atoms with E-state index >= 15 is 0 Å². The van der Waals surface area contributed by atoms with Gasteiger partial charge in [0, 0.05) is 50.2 Å². The quantitative estimate of drug-likeness (QED) is 0.105. The zero-order chi connectivity index (χ0) is 33.6. The number of morpholine rings is 1. The van der Waals surface area contributed by atoms with Gasteiger partial charge in [0.1, 0.15) is 17.2 Å². The number of carbonyl (C=O) groups is 1. The second-order valence-electron chi connectivity index (χ2n) is 10.0. The number of hydrogen-bond acceptors (Lipinski definition) is 9. The van der Waals surface area contributed by atoms with Crippen LogP contribution < -0.4 is 16.4 Å². The Labute approximate surface area is 268 Å². The van der Waals surface area contributed by atoms with Gasteiger partial charge >= 0.3 is 12.4 Å². The summed E-state index contributed by atoms with van der Waals surface area (Å²) in [6.07, 6.45) is -7.24. The minimum atomic E-state index is -5.03. The standard InChI is InChI=1S/C26H25Cl2F3N8O2.C2H3F3/c27-15-1-2-17(19(28)11-15)20-14-39-21(12-16(37-39)13-38-7-9-41-10-8-38)25(35-20)34-6-5-33-22-4-3-18(24(32)36-22)23(40)26(29,30)31;1-2(3,4)5/h1-4,11-12,14H,5-10,13H2,(H,34,35)(H3,32,33,36);1H3. The van der Waals surface area contributed by atoms with Crippen molar-refractivity contribution in [3.05, 3.63) is 63.9 Å². The van der Waals surface area contributed by atoms with Gasteiger partial charge in [-0.2, -0.15) is 31.4 Å². The predicted molar refractivity (Wildman–Crippen MR) is 162 cm³/mol. The maximum Gasteiger partial charge on any atom is 0.455 e. The molecule has 0 saturated carbocycles. The van der Waals surface area contributed by atoms with E-state index in [9.17, 15) is 31.1 Å². The van der Waals surface area contributed by atoms with Crippen molar-refractivity contribution < 1.29 is 35.9 Å². The molecule has 248 valence electrons. The van der Waals surface area contributed by atoms with Gasteiger partial charge in [0.25, 0.3) is 5.78 Å². The number of nitrogens with one attached hydrogen (secondary N) is 2. The number of ketones is 1. The van der Waals surface area contributed by atoms with E-state index in [0.29, 0.717) is 60.0 Å². The molecule has 1 aromatic carbocycles. The molecule has 1 aliphatic heterocycles. The Kier molecular flexibility index (Phi) is 11.2. The summed E-state index contributed by atoms with van der Waals surface area (Å²) in [5, 5.41) is 12.0. The van der Waals surface area contributed by atoms with Crippen LogP contribution in [0.15, 0.2) is 42.6 Å². The van der Waals surface area contributed by atoms with Crippen molar-refractivity contribution in [1.82, 2.24) is 24.5 Å². The summed E-state index contributed by atoms with van der Waals surface area (Å²) < 4.78 is 76.5. The highest BCUT2D eigenvalue weighted by Gasteiger charge is 2.40. The Morgan fingerprint density at radius 1 is 1.00 bits per heavy atom. The molecule has 0 unspecified atom stereocenters. The number of alkyl halides is 6. The van der Waals surface area contributed by atoms with Gasteiger partial charge in [0.15, 0.2) is 5.82 Å². The molecule has 1 fully saturated rings. The summed E-state index contributed by atoms with van der Waals surface area (Å²) in [5.74, 6) is -1.77. The van der Waals surface area contributed by atoms with Crippen LogP contribution in [0.2, 0.25) is 10.0 Å². The lowest BCUT2D eigenvalue weighted by atomic mass is 10.1. The zero-order valence-electron chi connectivity index (χ0n) is 24.1. The molecule has 0 radical (unpaired) electrons. The van der Waals surface area contributed by atoms with E-state index in [1.165, 1.54) is 6.07 Å². The van der Waals surface area contributed by atoms with E-state index in [0.717, 1.165) is 30.4 Å². The van der Waals surface area contributed by atoms with Gasteiger partial charge < -0.3 is 21.1 Å². The Bertz CT molecular complexity index is 1670. The molecule has 4 N–H and O–H groups in total. The van der Waals surface area contributed by atoms with Gasteiger partial charge in [-0.05, 0) is 36.4 Å². The molecule has 1 saturated heterocycles. The van der Waals surface area contributed by atoms with Crippen LogP contribution >= 0.6 is 23.2 Å². The number of nitrogens with two attached hydrogens (primary N) is 1. The number of pyridine rings is 1. The fourth-order valence-electron chi connectivity index (χ4n) is 4.36. The maximum atomic E-state index is 12.7. The Balaban J connectivity index is 0.000000892. The van der Waals surface area contributed by atoms with E-state index in [2.05, 4.69) is 20.5 Å². The van der Waals surface area contributed by atoms with Crippen molar-refractivity contribution >= 4 is 52.0 Å². The molecule has 1 aliphatic rings. The fourth-order valence-corrected chi connectivity index (χ4v) is 4.86. The first-order valence-corrected chi connectivity index (χ1v) is 14.4. The van der Waals surface area contributed by atoms with Gasteiger partial charge in [0.05, 0.1) is 41.4 Å². The number of anilines is 3.